The largest absolute Gasteiger partial charge is 0.416 e. The molecule has 9 heteroatoms. The number of carbonyl (C=O) groups excluding carboxylic acids is 1. The Hall–Kier alpha value is -3.49. The second kappa shape index (κ2) is 8.26. The van der Waals surface area contributed by atoms with Gasteiger partial charge in [-0.2, -0.15) is 13.2 Å². The number of carbonyl (C=O) groups is 1. The van der Waals surface area contributed by atoms with Crippen molar-refractivity contribution in [2.24, 2.45) is 0 Å². The van der Waals surface area contributed by atoms with Crippen LogP contribution in [0.2, 0.25) is 0 Å². The molecular weight excluding hydrogens is 385 g/mol. The molecule has 0 aliphatic heterocycles. The molecule has 0 saturated heterocycles. The molecule has 1 atom stereocenters. The number of Topliss-reactive ketones (excluding diaryl/α,β-unsaturated/α-hetero) is 1. The van der Waals surface area contributed by atoms with Crippen LogP contribution in [0, 0.1) is 0 Å². The zero-order chi connectivity index (χ0) is 21.0. The maximum Gasteiger partial charge on any atom is 0.416 e. The van der Waals surface area contributed by atoms with Crippen molar-refractivity contribution in [3.8, 4) is 0 Å². The van der Waals surface area contributed by atoms with Crippen LogP contribution in [0.4, 0.5) is 24.9 Å². The monoisotopic (exact) mass is 402 g/mol. The molecule has 0 saturated carbocycles. The van der Waals surface area contributed by atoms with E-state index in [1.807, 2.05) is 0 Å². The average molecular weight is 402 g/mol. The molecule has 0 amide bonds. The van der Waals surface area contributed by atoms with Crippen molar-refractivity contribution in [2.45, 2.75) is 25.4 Å². The predicted molar refractivity (Wildman–Crippen MR) is 101 cm³/mol. The summed E-state index contributed by atoms with van der Waals surface area (Å²) in [5.41, 5.74) is -0.709. The second-order valence-electron chi connectivity index (χ2n) is 6.47. The topological polar surface area (TPSA) is 87.7 Å². The number of aromatic amines is 1. The van der Waals surface area contributed by atoms with Crippen LogP contribution in [0.1, 0.15) is 40.9 Å². The first kappa shape index (κ1) is 20.2. The van der Waals surface area contributed by atoms with Gasteiger partial charge in [-0.15, -0.1) is 0 Å². The third kappa shape index (κ3) is 5.28. The van der Waals surface area contributed by atoms with E-state index in [0.717, 1.165) is 18.2 Å². The van der Waals surface area contributed by atoms with Gasteiger partial charge in [-0.1, -0.05) is 25.1 Å². The van der Waals surface area contributed by atoms with E-state index in [-0.39, 0.29) is 24.0 Å². The lowest BCUT2D eigenvalue weighted by Crippen LogP contribution is -2.16. The van der Waals surface area contributed by atoms with Gasteiger partial charge in [-0.25, -0.2) is 9.97 Å². The summed E-state index contributed by atoms with van der Waals surface area (Å²) >= 11 is 0. The number of alkyl halides is 3. The van der Waals surface area contributed by atoms with Gasteiger partial charge in [0.25, 0.3) is 5.56 Å². The van der Waals surface area contributed by atoms with Gasteiger partial charge in [0.2, 0.25) is 5.95 Å². The van der Waals surface area contributed by atoms with E-state index in [9.17, 15) is 22.8 Å². The Morgan fingerprint density at radius 2 is 1.90 bits per heavy atom. The number of nitrogens with zero attached hydrogens (tertiary/aromatic N) is 2. The summed E-state index contributed by atoms with van der Waals surface area (Å²) in [7, 11) is 0. The maximum atomic E-state index is 12.7. The first-order chi connectivity index (χ1) is 13.7. The highest BCUT2D eigenvalue weighted by atomic mass is 19.4. The average Bonchev–Trinajstić information content (AvgIpc) is 2.67. The van der Waals surface area contributed by atoms with Crippen LogP contribution in [0.5, 0.6) is 0 Å². The number of nitrogens with one attached hydrogen (secondary N) is 2. The number of anilines is 2. The van der Waals surface area contributed by atoms with Crippen molar-refractivity contribution in [3.05, 3.63) is 81.9 Å². The minimum atomic E-state index is -4.41. The SMILES string of the molecule is C[C@@H](CC(=O)c1cc(=O)[nH]c(Nc2ccccn2)n1)c1ccc(C(F)(F)F)cc1. The van der Waals surface area contributed by atoms with Crippen molar-refractivity contribution in [1.82, 2.24) is 15.0 Å². The van der Waals surface area contributed by atoms with Crippen LogP contribution in [-0.2, 0) is 6.18 Å². The Morgan fingerprint density at radius 1 is 1.17 bits per heavy atom. The Bertz CT molecular complexity index is 1050. The minimum Gasteiger partial charge on any atom is -0.310 e. The number of hydrogen-bond donors (Lipinski definition) is 2. The molecule has 2 heterocycles. The lowest BCUT2D eigenvalue weighted by atomic mass is 9.94. The second-order valence-corrected chi connectivity index (χ2v) is 6.47. The van der Waals surface area contributed by atoms with Gasteiger partial charge < -0.3 is 5.32 Å². The van der Waals surface area contributed by atoms with Crippen LogP contribution in [0.15, 0.2) is 59.5 Å². The summed E-state index contributed by atoms with van der Waals surface area (Å²) in [6.07, 6.45) is -2.87. The normalized spacial score (nSPS) is 12.4. The lowest BCUT2D eigenvalue weighted by molar-refractivity contribution is -0.137. The van der Waals surface area contributed by atoms with Crippen molar-refractivity contribution < 1.29 is 18.0 Å². The number of ketones is 1. The minimum absolute atomic E-state index is 0.00908. The van der Waals surface area contributed by atoms with Crippen LogP contribution in [0.3, 0.4) is 0 Å². The van der Waals surface area contributed by atoms with Gasteiger partial charge in [-0.05, 0) is 35.7 Å². The molecule has 0 aliphatic carbocycles. The summed E-state index contributed by atoms with van der Waals surface area (Å²) in [5.74, 6) is -0.231. The fraction of sp³-hybridized carbons (Fsp3) is 0.200. The lowest BCUT2D eigenvalue weighted by Gasteiger charge is -2.13. The van der Waals surface area contributed by atoms with Gasteiger partial charge >= 0.3 is 6.18 Å². The third-order valence-electron chi connectivity index (χ3n) is 4.24. The number of rotatable bonds is 6. The standard InChI is InChI=1S/C20H17F3N4O2/c1-12(13-5-7-14(8-6-13)20(21,22)23)10-16(28)15-11-18(29)27-19(25-15)26-17-4-2-3-9-24-17/h2-9,11-12H,10H2,1H3,(H2,24,25,26,27,29)/t12-/m0/s1. The quantitative estimate of drug-likeness (QED) is 0.600. The van der Waals surface area contributed by atoms with E-state index in [4.69, 9.17) is 0 Å². The summed E-state index contributed by atoms with van der Waals surface area (Å²) in [6, 6.07) is 10.9. The van der Waals surface area contributed by atoms with E-state index in [1.165, 1.54) is 12.1 Å². The first-order valence-electron chi connectivity index (χ1n) is 8.72. The fourth-order valence-electron chi connectivity index (χ4n) is 2.72. The number of halogens is 3. The predicted octanol–water partition coefficient (Wildman–Crippen LogP) is 4.30. The molecule has 3 rings (SSSR count). The van der Waals surface area contributed by atoms with Crippen LogP contribution >= 0.6 is 0 Å². The van der Waals surface area contributed by atoms with Gasteiger partial charge in [0.05, 0.1) is 5.56 Å². The fourth-order valence-corrected chi connectivity index (χ4v) is 2.72. The van der Waals surface area contributed by atoms with Crippen molar-refractivity contribution in [3.63, 3.8) is 0 Å². The number of aromatic nitrogens is 3. The van der Waals surface area contributed by atoms with Crippen molar-refractivity contribution >= 4 is 17.5 Å². The molecule has 2 N–H and O–H groups in total. The number of pyridine rings is 1. The third-order valence-corrected chi connectivity index (χ3v) is 4.24. The summed E-state index contributed by atoms with van der Waals surface area (Å²) in [5, 5.41) is 2.81. The highest BCUT2D eigenvalue weighted by molar-refractivity contribution is 5.94. The Labute approximate surface area is 163 Å². The Balaban J connectivity index is 1.74. The Kier molecular flexibility index (Phi) is 5.76. The van der Waals surface area contributed by atoms with Crippen molar-refractivity contribution in [1.29, 1.82) is 0 Å². The zero-order valence-corrected chi connectivity index (χ0v) is 15.3. The molecule has 2 aromatic heterocycles. The molecule has 0 unspecified atom stereocenters. The van der Waals surface area contributed by atoms with Crippen LogP contribution in [0.25, 0.3) is 0 Å². The molecule has 0 fully saturated rings. The van der Waals surface area contributed by atoms with Gasteiger partial charge in [-0.3, -0.25) is 14.6 Å². The van der Waals surface area contributed by atoms with Crippen LogP contribution < -0.4 is 10.9 Å². The van der Waals surface area contributed by atoms with Gasteiger partial charge in [0.1, 0.15) is 11.5 Å². The van der Waals surface area contributed by atoms with Crippen molar-refractivity contribution in [2.75, 3.05) is 5.32 Å². The molecule has 0 radical (unpaired) electrons. The Morgan fingerprint density at radius 3 is 2.52 bits per heavy atom. The van der Waals surface area contributed by atoms with E-state index < -0.39 is 23.1 Å². The smallest absolute Gasteiger partial charge is 0.310 e. The molecular formula is C20H17F3N4O2. The maximum absolute atomic E-state index is 12.7. The molecule has 3 aromatic rings. The molecule has 150 valence electrons. The number of benzene rings is 1. The molecule has 1 aromatic carbocycles. The summed E-state index contributed by atoms with van der Waals surface area (Å²) < 4.78 is 38.0. The highest BCUT2D eigenvalue weighted by Crippen LogP contribution is 2.30. The summed E-state index contributed by atoms with van der Waals surface area (Å²) in [4.78, 5) is 35.1. The zero-order valence-electron chi connectivity index (χ0n) is 15.3. The first-order valence-corrected chi connectivity index (χ1v) is 8.72. The number of H-pyrrole nitrogens is 1. The van der Waals surface area contributed by atoms with Crippen LogP contribution in [-0.4, -0.2) is 20.7 Å². The molecule has 0 bridgehead atoms. The highest BCUT2D eigenvalue weighted by Gasteiger charge is 2.30. The summed E-state index contributed by atoms with van der Waals surface area (Å²) in [6.45, 7) is 1.72. The van der Waals surface area contributed by atoms with E-state index in [0.29, 0.717) is 11.4 Å². The molecule has 6 nitrogen and oxygen atoms in total. The molecule has 0 aliphatic rings. The van der Waals surface area contributed by atoms with E-state index >= 15 is 0 Å². The van der Waals surface area contributed by atoms with E-state index in [1.54, 1.807) is 31.3 Å². The van der Waals surface area contributed by atoms with E-state index in [2.05, 4.69) is 20.3 Å². The molecule has 0 spiro atoms. The number of hydrogen-bond acceptors (Lipinski definition) is 5. The molecule has 29 heavy (non-hydrogen) atoms. The van der Waals surface area contributed by atoms with Gasteiger partial charge in [0.15, 0.2) is 5.78 Å². The van der Waals surface area contributed by atoms with Gasteiger partial charge in [0, 0.05) is 18.7 Å².